The molecule has 4 nitrogen and oxygen atoms in total. The van der Waals surface area contributed by atoms with Crippen molar-refractivity contribution in [3.8, 4) is 16.3 Å². The van der Waals surface area contributed by atoms with Crippen molar-refractivity contribution in [1.29, 1.82) is 0 Å². The van der Waals surface area contributed by atoms with Crippen LogP contribution in [0.3, 0.4) is 0 Å². The van der Waals surface area contributed by atoms with E-state index in [0.29, 0.717) is 0 Å². The number of nitrogens with zero attached hydrogens (tertiary/aromatic N) is 1. The molecule has 0 fully saturated rings. The smallest absolute Gasteiger partial charge is 0.124 e. The molecule has 0 spiro atoms. The molecule has 0 saturated heterocycles. The average Bonchev–Trinajstić information content (AvgIpc) is 3.05. The van der Waals surface area contributed by atoms with Crippen LogP contribution >= 0.6 is 11.3 Å². The topological polar surface area (TPSA) is 60.2 Å². The first kappa shape index (κ1) is 16.7. The zero-order valence-corrected chi connectivity index (χ0v) is 14.7. The van der Waals surface area contributed by atoms with E-state index in [-0.39, 0.29) is 0 Å². The van der Waals surface area contributed by atoms with Crippen LogP contribution < -0.4 is 15.8 Å². The monoisotopic (exact) mass is 341 g/mol. The zero-order valence-electron chi connectivity index (χ0n) is 13.9. The van der Waals surface area contributed by atoms with Gasteiger partial charge in [-0.2, -0.15) is 0 Å². The second-order valence-corrected chi connectivity index (χ2v) is 6.70. The fourth-order valence-electron chi connectivity index (χ4n) is 2.51. The van der Waals surface area contributed by atoms with Crippen LogP contribution in [0.4, 0.5) is 5.69 Å². The molecule has 0 unspecified atom stereocenters. The number of anilines is 1. The molecule has 1 aromatic heterocycles. The SMILES string of the molecule is CNc1ccc(-c2nc3ccc(OCCCCCN)cc3s2)cc1. The number of fused-ring (bicyclic) bond motifs is 1. The van der Waals surface area contributed by atoms with Gasteiger partial charge in [-0.1, -0.05) is 0 Å². The number of unbranched alkanes of at least 4 members (excludes halogenated alkanes) is 2. The van der Waals surface area contributed by atoms with Crippen molar-refractivity contribution in [1.82, 2.24) is 4.98 Å². The van der Waals surface area contributed by atoms with Crippen molar-refractivity contribution in [3.05, 3.63) is 42.5 Å². The van der Waals surface area contributed by atoms with E-state index < -0.39 is 0 Å². The lowest BCUT2D eigenvalue weighted by Gasteiger charge is -2.05. The molecule has 24 heavy (non-hydrogen) atoms. The highest BCUT2D eigenvalue weighted by Crippen LogP contribution is 2.32. The van der Waals surface area contributed by atoms with Gasteiger partial charge in [-0.3, -0.25) is 0 Å². The van der Waals surface area contributed by atoms with E-state index in [1.165, 1.54) is 0 Å². The van der Waals surface area contributed by atoms with Crippen LogP contribution in [0.25, 0.3) is 20.8 Å². The molecule has 0 saturated carbocycles. The summed E-state index contributed by atoms with van der Waals surface area (Å²) in [6.45, 7) is 1.49. The van der Waals surface area contributed by atoms with E-state index in [9.17, 15) is 0 Å². The van der Waals surface area contributed by atoms with Gasteiger partial charge in [0.15, 0.2) is 0 Å². The molecule has 3 aromatic rings. The van der Waals surface area contributed by atoms with Gasteiger partial charge in [0.1, 0.15) is 10.8 Å². The third kappa shape index (κ3) is 4.04. The average molecular weight is 341 g/mol. The predicted molar refractivity (Wildman–Crippen MR) is 103 cm³/mol. The molecule has 0 atom stereocenters. The van der Waals surface area contributed by atoms with Crippen LogP contribution in [0.2, 0.25) is 0 Å². The first-order valence-electron chi connectivity index (χ1n) is 8.32. The molecular formula is C19H23N3OS. The van der Waals surface area contributed by atoms with Gasteiger partial charge in [0.2, 0.25) is 0 Å². The minimum atomic E-state index is 0.739. The lowest BCUT2D eigenvalue weighted by Crippen LogP contribution is -2.01. The van der Waals surface area contributed by atoms with Gasteiger partial charge in [0.05, 0.1) is 16.8 Å². The van der Waals surface area contributed by atoms with Crippen LogP contribution in [0.1, 0.15) is 19.3 Å². The third-order valence-electron chi connectivity index (χ3n) is 3.90. The quantitative estimate of drug-likeness (QED) is 0.592. The Kier molecular flexibility index (Phi) is 5.67. The number of benzene rings is 2. The fourth-order valence-corrected chi connectivity index (χ4v) is 3.51. The second kappa shape index (κ2) is 8.13. The number of ether oxygens (including phenoxy) is 1. The van der Waals surface area contributed by atoms with Crippen molar-refractivity contribution >= 4 is 27.2 Å². The predicted octanol–water partition coefficient (Wildman–Crippen LogP) is 4.51. The largest absolute Gasteiger partial charge is 0.494 e. The number of hydrogen-bond donors (Lipinski definition) is 2. The van der Waals surface area contributed by atoms with Crippen LogP contribution in [0, 0.1) is 0 Å². The molecule has 2 aromatic carbocycles. The van der Waals surface area contributed by atoms with Gasteiger partial charge in [-0.15, -0.1) is 11.3 Å². The van der Waals surface area contributed by atoms with Crippen molar-refractivity contribution in [3.63, 3.8) is 0 Å². The Hall–Kier alpha value is -2.11. The summed E-state index contributed by atoms with van der Waals surface area (Å²) in [5.41, 5.74) is 8.76. The zero-order chi connectivity index (χ0) is 16.8. The number of rotatable bonds is 8. The Morgan fingerprint density at radius 3 is 2.67 bits per heavy atom. The molecule has 0 bridgehead atoms. The van der Waals surface area contributed by atoms with E-state index in [4.69, 9.17) is 15.5 Å². The number of hydrogen-bond acceptors (Lipinski definition) is 5. The van der Waals surface area contributed by atoms with E-state index in [1.54, 1.807) is 11.3 Å². The summed E-state index contributed by atoms with van der Waals surface area (Å²) < 4.78 is 6.99. The molecule has 126 valence electrons. The Labute approximate surface area is 146 Å². The fraction of sp³-hybridized carbons (Fsp3) is 0.316. The number of nitrogens with one attached hydrogen (secondary N) is 1. The summed E-state index contributed by atoms with van der Waals surface area (Å²) in [5, 5.41) is 4.17. The highest BCUT2D eigenvalue weighted by molar-refractivity contribution is 7.21. The molecule has 3 N–H and O–H groups in total. The Balaban J connectivity index is 1.71. The van der Waals surface area contributed by atoms with Crippen LogP contribution in [0.15, 0.2) is 42.5 Å². The minimum Gasteiger partial charge on any atom is -0.494 e. The van der Waals surface area contributed by atoms with Gasteiger partial charge in [0.25, 0.3) is 0 Å². The van der Waals surface area contributed by atoms with Gasteiger partial charge in [0, 0.05) is 18.3 Å². The Bertz CT molecular complexity index is 783. The van der Waals surface area contributed by atoms with E-state index in [0.717, 1.165) is 64.6 Å². The molecule has 5 heteroatoms. The molecule has 1 heterocycles. The van der Waals surface area contributed by atoms with Crippen molar-refractivity contribution < 1.29 is 4.74 Å². The first-order valence-corrected chi connectivity index (χ1v) is 9.13. The maximum absolute atomic E-state index is 5.84. The Morgan fingerprint density at radius 1 is 1.08 bits per heavy atom. The minimum absolute atomic E-state index is 0.739. The maximum Gasteiger partial charge on any atom is 0.124 e. The maximum atomic E-state index is 5.84. The van der Waals surface area contributed by atoms with E-state index in [2.05, 4.69) is 35.6 Å². The number of aromatic nitrogens is 1. The Morgan fingerprint density at radius 2 is 1.92 bits per heavy atom. The van der Waals surface area contributed by atoms with Gasteiger partial charge in [-0.05, 0) is 68.3 Å². The van der Waals surface area contributed by atoms with Gasteiger partial charge in [-0.25, -0.2) is 4.98 Å². The first-order chi connectivity index (χ1) is 11.8. The number of thiazole rings is 1. The standard InChI is InChI=1S/C19H23N3OS/c1-21-15-7-5-14(6-8-15)19-22-17-10-9-16(13-18(17)24-19)23-12-4-2-3-11-20/h5-10,13,21H,2-4,11-12,20H2,1H3. The van der Waals surface area contributed by atoms with E-state index >= 15 is 0 Å². The molecule has 0 aliphatic heterocycles. The summed E-state index contributed by atoms with van der Waals surface area (Å²) in [4.78, 5) is 4.73. The second-order valence-electron chi connectivity index (χ2n) is 5.67. The molecular weight excluding hydrogens is 318 g/mol. The summed E-state index contributed by atoms with van der Waals surface area (Å²) in [5.74, 6) is 0.913. The van der Waals surface area contributed by atoms with Gasteiger partial charge >= 0.3 is 0 Å². The van der Waals surface area contributed by atoms with E-state index in [1.807, 2.05) is 19.2 Å². The summed E-state index contributed by atoms with van der Waals surface area (Å²) in [6, 6.07) is 14.4. The molecule has 0 amide bonds. The van der Waals surface area contributed by atoms with Crippen LogP contribution in [0.5, 0.6) is 5.75 Å². The molecule has 3 rings (SSSR count). The van der Waals surface area contributed by atoms with Crippen LogP contribution in [-0.2, 0) is 0 Å². The normalized spacial score (nSPS) is 10.9. The van der Waals surface area contributed by atoms with Gasteiger partial charge < -0.3 is 15.8 Å². The molecule has 0 radical (unpaired) electrons. The highest BCUT2D eigenvalue weighted by Gasteiger charge is 2.07. The van der Waals surface area contributed by atoms with Crippen molar-refractivity contribution in [2.45, 2.75) is 19.3 Å². The summed E-state index contributed by atoms with van der Waals surface area (Å²) >= 11 is 1.70. The lowest BCUT2D eigenvalue weighted by molar-refractivity contribution is 0.306. The molecule has 0 aliphatic carbocycles. The number of nitrogens with two attached hydrogens (primary N) is 1. The lowest BCUT2D eigenvalue weighted by atomic mass is 10.2. The highest BCUT2D eigenvalue weighted by atomic mass is 32.1. The summed E-state index contributed by atoms with van der Waals surface area (Å²) in [6.07, 6.45) is 3.22. The van der Waals surface area contributed by atoms with Crippen LogP contribution in [-0.4, -0.2) is 25.2 Å². The molecule has 0 aliphatic rings. The van der Waals surface area contributed by atoms with Crippen molar-refractivity contribution in [2.75, 3.05) is 25.5 Å². The van der Waals surface area contributed by atoms with Crippen molar-refractivity contribution in [2.24, 2.45) is 5.73 Å². The summed E-state index contributed by atoms with van der Waals surface area (Å²) in [7, 11) is 1.92. The third-order valence-corrected chi connectivity index (χ3v) is 4.96.